The first kappa shape index (κ1) is 22.5. The van der Waals surface area contributed by atoms with Crippen LogP contribution in [0, 0.1) is 17.0 Å². The number of aromatic nitrogens is 2. The van der Waals surface area contributed by atoms with Gasteiger partial charge in [0.05, 0.1) is 12.0 Å². The third-order valence-electron chi connectivity index (χ3n) is 4.57. The highest BCUT2D eigenvalue weighted by Crippen LogP contribution is 2.23. The van der Waals surface area contributed by atoms with Gasteiger partial charge in [0.15, 0.2) is 6.61 Å². The van der Waals surface area contributed by atoms with Gasteiger partial charge in [-0.15, -0.1) is 6.58 Å². The average Bonchev–Trinajstić information content (AvgIpc) is 3.25. The van der Waals surface area contributed by atoms with Crippen LogP contribution in [0.1, 0.15) is 11.5 Å². The molecule has 0 N–H and O–H groups in total. The zero-order valence-corrected chi connectivity index (χ0v) is 17.7. The Bertz CT molecular complexity index is 1110. The molecule has 0 radical (unpaired) electrons. The Morgan fingerprint density at radius 2 is 1.97 bits per heavy atom. The van der Waals surface area contributed by atoms with E-state index in [1.165, 1.54) is 23.1 Å². The summed E-state index contributed by atoms with van der Waals surface area (Å²) in [4.78, 5) is 28.9. The lowest BCUT2D eigenvalue weighted by molar-refractivity contribution is -0.385. The van der Waals surface area contributed by atoms with E-state index in [-0.39, 0.29) is 37.2 Å². The molecule has 10 heteroatoms. The fourth-order valence-corrected chi connectivity index (χ4v) is 2.91. The number of methoxy groups -OCH3 is 1. The molecular formula is C22H22N4O6. The van der Waals surface area contributed by atoms with Gasteiger partial charge in [-0.3, -0.25) is 14.9 Å². The highest BCUT2D eigenvalue weighted by atomic mass is 16.6. The van der Waals surface area contributed by atoms with Crippen LogP contribution in [0.4, 0.5) is 5.69 Å². The van der Waals surface area contributed by atoms with E-state index in [0.717, 1.165) is 5.56 Å². The summed E-state index contributed by atoms with van der Waals surface area (Å²) in [5.74, 6) is 1.40. The highest BCUT2D eigenvalue weighted by molar-refractivity contribution is 5.78. The summed E-state index contributed by atoms with van der Waals surface area (Å²) >= 11 is 0. The molecule has 2 aromatic carbocycles. The number of rotatable bonds is 10. The van der Waals surface area contributed by atoms with Crippen molar-refractivity contribution in [1.29, 1.82) is 0 Å². The summed E-state index contributed by atoms with van der Waals surface area (Å²) in [5, 5.41) is 14.9. The monoisotopic (exact) mass is 438 g/mol. The second kappa shape index (κ2) is 10.2. The van der Waals surface area contributed by atoms with Gasteiger partial charge in [0.25, 0.3) is 11.6 Å². The Balaban J connectivity index is 1.64. The number of nitrogens with zero attached hydrogens (tertiary/aromatic N) is 4. The number of hydrogen-bond acceptors (Lipinski definition) is 8. The van der Waals surface area contributed by atoms with Crippen molar-refractivity contribution >= 4 is 11.6 Å². The Morgan fingerprint density at radius 1 is 1.25 bits per heavy atom. The largest absolute Gasteiger partial charge is 0.497 e. The van der Waals surface area contributed by atoms with Gasteiger partial charge in [0.2, 0.25) is 11.7 Å². The van der Waals surface area contributed by atoms with Gasteiger partial charge in [0.1, 0.15) is 18.0 Å². The maximum Gasteiger partial charge on any atom is 0.272 e. The minimum Gasteiger partial charge on any atom is -0.497 e. The van der Waals surface area contributed by atoms with Crippen molar-refractivity contribution in [3.63, 3.8) is 0 Å². The molecule has 0 saturated heterocycles. The van der Waals surface area contributed by atoms with E-state index < -0.39 is 4.92 Å². The molecule has 10 nitrogen and oxygen atoms in total. The number of nitro benzene ring substituents is 1. The molecule has 1 heterocycles. The molecule has 3 aromatic rings. The van der Waals surface area contributed by atoms with Crippen molar-refractivity contribution in [1.82, 2.24) is 15.0 Å². The van der Waals surface area contributed by atoms with E-state index in [9.17, 15) is 14.9 Å². The molecule has 0 fully saturated rings. The van der Waals surface area contributed by atoms with Crippen LogP contribution in [0.3, 0.4) is 0 Å². The van der Waals surface area contributed by atoms with Gasteiger partial charge in [-0.25, -0.2) is 0 Å². The standard InChI is InChI=1S/C22H22N4O6/c1-4-11-25(21(27)14-31-18-9-10-19(26(28)29)15(2)12-18)13-20-23-22(24-32-20)16-5-7-17(30-3)8-6-16/h4-10,12H,1,11,13-14H2,2-3H3. The number of benzene rings is 2. The van der Waals surface area contributed by atoms with Crippen LogP contribution in [0.25, 0.3) is 11.4 Å². The second-order valence-electron chi connectivity index (χ2n) is 6.80. The van der Waals surface area contributed by atoms with Gasteiger partial charge in [-0.05, 0) is 43.3 Å². The Hall–Kier alpha value is -4.21. The average molecular weight is 438 g/mol. The number of aryl methyl sites for hydroxylation is 1. The number of carbonyl (C=O) groups is 1. The topological polar surface area (TPSA) is 121 Å². The van der Waals surface area contributed by atoms with Crippen molar-refractivity contribution in [2.75, 3.05) is 20.3 Å². The lowest BCUT2D eigenvalue weighted by atomic mass is 10.2. The summed E-state index contributed by atoms with van der Waals surface area (Å²) in [5.41, 5.74) is 1.18. The Morgan fingerprint density at radius 3 is 2.59 bits per heavy atom. The van der Waals surface area contributed by atoms with Crippen molar-refractivity contribution < 1.29 is 23.7 Å². The lowest BCUT2D eigenvalue weighted by Crippen LogP contribution is -2.34. The van der Waals surface area contributed by atoms with Crippen LogP contribution in [-0.4, -0.2) is 46.1 Å². The van der Waals surface area contributed by atoms with E-state index in [4.69, 9.17) is 14.0 Å². The number of hydrogen-bond donors (Lipinski definition) is 0. The number of amides is 1. The molecule has 32 heavy (non-hydrogen) atoms. The smallest absolute Gasteiger partial charge is 0.272 e. The van der Waals surface area contributed by atoms with Gasteiger partial charge in [-0.2, -0.15) is 4.98 Å². The number of nitro groups is 1. The van der Waals surface area contributed by atoms with Crippen molar-refractivity contribution in [2.45, 2.75) is 13.5 Å². The third-order valence-corrected chi connectivity index (χ3v) is 4.57. The Labute approximate surface area is 184 Å². The van der Waals surface area contributed by atoms with Crippen molar-refractivity contribution in [3.8, 4) is 22.9 Å². The van der Waals surface area contributed by atoms with Crippen LogP contribution in [0.15, 0.2) is 59.6 Å². The van der Waals surface area contributed by atoms with E-state index in [1.807, 2.05) is 0 Å². The summed E-state index contributed by atoms with van der Waals surface area (Å²) in [6.07, 6.45) is 1.58. The molecule has 1 amide bonds. The maximum atomic E-state index is 12.7. The maximum absolute atomic E-state index is 12.7. The number of carbonyl (C=O) groups excluding carboxylic acids is 1. The molecule has 1 aromatic heterocycles. The first-order valence-corrected chi connectivity index (χ1v) is 9.64. The first-order valence-electron chi connectivity index (χ1n) is 9.64. The van der Waals surface area contributed by atoms with Crippen LogP contribution in [0.2, 0.25) is 0 Å². The predicted octanol–water partition coefficient (Wildman–Crippen LogP) is 3.56. The predicted molar refractivity (Wildman–Crippen MR) is 115 cm³/mol. The zero-order chi connectivity index (χ0) is 23.1. The SMILES string of the molecule is C=CCN(Cc1nc(-c2ccc(OC)cc2)no1)C(=O)COc1ccc([N+](=O)[O-])c(C)c1. The van der Waals surface area contributed by atoms with Crippen LogP contribution in [0.5, 0.6) is 11.5 Å². The van der Waals surface area contributed by atoms with Gasteiger partial charge >= 0.3 is 0 Å². The quantitative estimate of drug-likeness (QED) is 0.268. The van der Waals surface area contributed by atoms with E-state index in [2.05, 4.69) is 16.7 Å². The van der Waals surface area contributed by atoms with E-state index >= 15 is 0 Å². The lowest BCUT2D eigenvalue weighted by Gasteiger charge is -2.19. The van der Waals surface area contributed by atoms with Crippen molar-refractivity contribution in [3.05, 3.63) is 76.7 Å². The normalized spacial score (nSPS) is 10.4. The molecule has 166 valence electrons. The summed E-state index contributed by atoms with van der Waals surface area (Å²) < 4.78 is 15.9. The summed E-state index contributed by atoms with van der Waals surface area (Å²) in [7, 11) is 1.58. The molecule has 0 aliphatic carbocycles. The van der Waals surface area contributed by atoms with Crippen LogP contribution < -0.4 is 9.47 Å². The molecule has 0 atom stereocenters. The van der Waals surface area contributed by atoms with Crippen LogP contribution in [-0.2, 0) is 11.3 Å². The minimum atomic E-state index is -0.472. The first-order chi connectivity index (χ1) is 15.4. The van der Waals surface area contributed by atoms with Crippen LogP contribution >= 0.6 is 0 Å². The molecule has 0 aliphatic rings. The molecule has 0 bridgehead atoms. The Kier molecular flexibility index (Phi) is 7.17. The summed E-state index contributed by atoms with van der Waals surface area (Å²) in [6, 6.07) is 11.5. The van der Waals surface area contributed by atoms with Crippen molar-refractivity contribution in [2.24, 2.45) is 0 Å². The second-order valence-corrected chi connectivity index (χ2v) is 6.80. The summed E-state index contributed by atoms with van der Waals surface area (Å²) in [6.45, 7) is 5.35. The molecular weight excluding hydrogens is 416 g/mol. The molecule has 0 saturated carbocycles. The van der Waals surface area contributed by atoms with E-state index in [1.54, 1.807) is 44.4 Å². The van der Waals surface area contributed by atoms with Gasteiger partial charge < -0.3 is 18.9 Å². The fourth-order valence-electron chi connectivity index (χ4n) is 2.91. The molecule has 0 unspecified atom stereocenters. The number of ether oxygens (including phenoxy) is 2. The molecule has 0 spiro atoms. The molecule has 0 aliphatic heterocycles. The van der Waals surface area contributed by atoms with Gasteiger partial charge in [-0.1, -0.05) is 11.2 Å². The third kappa shape index (κ3) is 5.48. The fraction of sp³-hybridized carbons (Fsp3) is 0.227. The highest BCUT2D eigenvalue weighted by Gasteiger charge is 2.19. The van der Waals surface area contributed by atoms with E-state index in [0.29, 0.717) is 22.9 Å². The molecule has 3 rings (SSSR count). The zero-order valence-electron chi connectivity index (χ0n) is 17.7. The van der Waals surface area contributed by atoms with Gasteiger partial charge in [0, 0.05) is 23.7 Å². The minimum absolute atomic E-state index is 0.0129.